The minimum absolute atomic E-state index is 0.0512. The molecule has 0 aliphatic heterocycles. The fourth-order valence-corrected chi connectivity index (χ4v) is 4.50. The number of anilines is 1. The van der Waals surface area contributed by atoms with Crippen LogP contribution in [0.1, 0.15) is 29.8 Å². The second-order valence-electron chi connectivity index (χ2n) is 7.19. The average Bonchev–Trinajstić information content (AvgIpc) is 2.81. The zero-order valence-electron chi connectivity index (χ0n) is 18.1. The van der Waals surface area contributed by atoms with Crippen LogP contribution < -0.4 is 14.5 Å². The number of methoxy groups -OCH3 is 1. The van der Waals surface area contributed by atoms with Gasteiger partial charge in [0.05, 0.1) is 29.8 Å². The van der Waals surface area contributed by atoms with E-state index in [-0.39, 0.29) is 22.7 Å². The number of nitrogens with one attached hydrogen (secondary N) is 1. The summed E-state index contributed by atoms with van der Waals surface area (Å²) in [6.07, 6.45) is 0. The first-order valence-corrected chi connectivity index (χ1v) is 11.4. The number of carbonyl (C=O) groups excluding carboxylic acids is 1. The predicted molar refractivity (Wildman–Crippen MR) is 125 cm³/mol. The molecule has 8 heteroatoms. The van der Waals surface area contributed by atoms with Crippen LogP contribution in [-0.2, 0) is 16.6 Å². The maximum atomic E-state index is 13.7. The van der Waals surface area contributed by atoms with E-state index in [1.165, 1.54) is 23.5 Å². The van der Waals surface area contributed by atoms with Crippen LogP contribution in [0.4, 0.5) is 5.69 Å². The fraction of sp³-hybridized carbons (Fsp3) is 0.167. The van der Waals surface area contributed by atoms with Crippen molar-refractivity contribution in [2.75, 3.05) is 11.4 Å². The lowest BCUT2D eigenvalue weighted by Gasteiger charge is -2.26. The van der Waals surface area contributed by atoms with Crippen LogP contribution in [0.3, 0.4) is 0 Å². The van der Waals surface area contributed by atoms with E-state index in [4.69, 9.17) is 4.74 Å². The quantitative estimate of drug-likeness (QED) is 0.410. The van der Waals surface area contributed by atoms with Crippen LogP contribution in [0.2, 0.25) is 0 Å². The molecule has 3 rings (SSSR count). The molecule has 166 valence electrons. The number of amides is 1. The molecule has 0 aliphatic carbocycles. The van der Waals surface area contributed by atoms with E-state index in [9.17, 15) is 13.2 Å². The third-order valence-corrected chi connectivity index (χ3v) is 6.39. The van der Waals surface area contributed by atoms with Gasteiger partial charge in [-0.3, -0.25) is 9.10 Å². The summed E-state index contributed by atoms with van der Waals surface area (Å²) in [6.45, 7) is 3.56. The van der Waals surface area contributed by atoms with Crippen LogP contribution in [0.5, 0.6) is 5.75 Å². The number of hydrazone groups is 1. The number of hydrogen-bond acceptors (Lipinski definition) is 5. The van der Waals surface area contributed by atoms with Gasteiger partial charge in [0.25, 0.3) is 15.9 Å². The van der Waals surface area contributed by atoms with Crippen molar-refractivity contribution in [2.24, 2.45) is 5.10 Å². The molecule has 3 aromatic rings. The second-order valence-corrected chi connectivity index (χ2v) is 9.05. The van der Waals surface area contributed by atoms with E-state index in [1.54, 1.807) is 50.2 Å². The van der Waals surface area contributed by atoms with E-state index in [0.717, 1.165) is 5.56 Å². The lowest BCUT2D eigenvalue weighted by Crippen LogP contribution is -2.33. The van der Waals surface area contributed by atoms with Gasteiger partial charge in [-0.15, -0.1) is 0 Å². The molecule has 0 unspecified atom stereocenters. The average molecular weight is 452 g/mol. The fourth-order valence-electron chi connectivity index (χ4n) is 3.03. The topological polar surface area (TPSA) is 88.1 Å². The van der Waals surface area contributed by atoms with Crippen LogP contribution >= 0.6 is 0 Å². The maximum absolute atomic E-state index is 13.7. The van der Waals surface area contributed by atoms with Gasteiger partial charge >= 0.3 is 0 Å². The molecule has 7 nitrogen and oxygen atoms in total. The number of nitrogens with zero attached hydrogens (tertiary/aromatic N) is 2. The number of carbonyl (C=O) groups is 1. The molecule has 1 amide bonds. The highest BCUT2D eigenvalue weighted by Gasteiger charge is 2.28. The smallest absolute Gasteiger partial charge is 0.273 e. The molecule has 0 fully saturated rings. The number of para-hydroxylation sites is 1. The molecule has 0 bridgehead atoms. The van der Waals surface area contributed by atoms with E-state index in [0.29, 0.717) is 11.5 Å². The van der Waals surface area contributed by atoms with Crippen LogP contribution in [-0.4, -0.2) is 27.1 Å². The maximum Gasteiger partial charge on any atom is 0.273 e. The molecule has 1 N–H and O–H groups in total. The minimum atomic E-state index is -4.00. The van der Waals surface area contributed by atoms with Crippen molar-refractivity contribution in [1.29, 1.82) is 0 Å². The first-order valence-electron chi connectivity index (χ1n) is 9.94. The van der Waals surface area contributed by atoms with Gasteiger partial charge in [0.1, 0.15) is 5.75 Å². The summed E-state index contributed by atoms with van der Waals surface area (Å²) in [5, 5.41) is 3.96. The summed E-state index contributed by atoms with van der Waals surface area (Å²) in [5.41, 5.74) is 4.38. The third kappa shape index (κ3) is 5.33. The number of sulfonamides is 1. The molecular weight excluding hydrogens is 426 g/mol. The summed E-state index contributed by atoms with van der Waals surface area (Å²) in [4.78, 5) is 12.9. The Hall–Kier alpha value is -3.65. The summed E-state index contributed by atoms with van der Waals surface area (Å²) in [5.74, 6) is 0.0518. The summed E-state index contributed by atoms with van der Waals surface area (Å²) < 4.78 is 33.8. The Morgan fingerprint density at radius 3 is 2.19 bits per heavy atom. The highest BCUT2D eigenvalue weighted by atomic mass is 32.2. The molecule has 0 saturated heterocycles. The second kappa shape index (κ2) is 10.1. The minimum Gasteiger partial charge on any atom is -0.497 e. The summed E-state index contributed by atoms with van der Waals surface area (Å²) >= 11 is 0. The van der Waals surface area contributed by atoms with Crippen molar-refractivity contribution in [1.82, 2.24) is 5.43 Å². The molecule has 0 saturated carbocycles. The molecule has 0 heterocycles. The molecule has 0 aromatic heterocycles. The first-order chi connectivity index (χ1) is 15.3. The standard InChI is InChI=1S/C24H25N3O4S/c1-18(2)25-26-24(28)22-11-7-8-12-23(22)27(17-19-9-5-4-6-10-19)32(29,30)21-15-13-20(31-3)14-16-21/h4-16H,17H2,1-3H3,(H,26,28). The molecule has 32 heavy (non-hydrogen) atoms. The lowest BCUT2D eigenvalue weighted by molar-refractivity contribution is 0.0955. The third-order valence-electron chi connectivity index (χ3n) is 4.61. The van der Waals surface area contributed by atoms with Crippen LogP contribution in [0.25, 0.3) is 0 Å². The number of hydrogen-bond donors (Lipinski definition) is 1. The van der Waals surface area contributed by atoms with Gasteiger partial charge < -0.3 is 4.74 Å². The van der Waals surface area contributed by atoms with E-state index in [1.807, 2.05) is 30.3 Å². The Morgan fingerprint density at radius 1 is 0.938 bits per heavy atom. The summed E-state index contributed by atoms with van der Waals surface area (Å²) in [6, 6.07) is 21.9. The zero-order chi connectivity index (χ0) is 23.1. The van der Waals surface area contributed by atoms with Gasteiger partial charge in [-0.1, -0.05) is 42.5 Å². The van der Waals surface area contributed by atoms with E-state index < -0.39 is 15.9 Å². The Balaban J connectivity index is 2.12. The Labute approximate surface area is 188 Å². The van der Waals surface area contributed by atoms with Gasteiger partial charge in [-0.2, -0.15) is 5.10 Å². The van der Waals surface area contributed by atoms with Crippen molar-refractivity contribution >= 4 is 27.3 Å². The zero-order valence-corrected chi connectivity index (χ0v) is 19.0. The van der Waals surface area contributed by atoms with Gasteiger partial charge in [-0.05, 0) is 55.8 Å². The monoisotopic (exact) mass is 451 g/mol. The molecular formula is C24H25N3O4S. The normalized spacial score (nSPS) is 10.8. The Bertz CT molecular complexity index is 1200. The molecule has 0 spiro atoms. The van der Waals surface area contributed by atoms with Crippen molar-refractivity contribution in [3.8, 4) is 5.75 Å². The molecule has 0 atom stereocenters. The van der Waals surface area contributed by atoms with E-state index in [2.05, 4.69) is 10.5 Å². The number of ether oxygens (including phenoxy) is 1. The predicted octanol–water partition coefficient (Wildman–Crippen LogP) is 4.22. The van der Waals surface area contributed by atoms with Gasteiger partial charge in [0, 0.05) is 5.71 Å². The Morgan fingerprint density at radius 2 is 1.56 bits per heavy atom. The summed E-state index contributed by atoms with van der Waals surface area (Å²) in [7, 11) is -2.49. The largest absolute Gasteiger partial charge is 0.497 e. The van der Waals surface area contributed by atoms with Crippen molar-refractivity contribution in [3.63, 3.8) is 0 Å². The first kappa shape index (κ1) is 23.0. The molecule has 3 aromatic carbocycles. The van der Waals surface area contributed by atoms with Gasteiger partial charge in [0.2, 0.25) is 0 Å². The lowest BCUT2D eigenvalue weighted by atomic mass is 10.1. The van der Waals surface area contributed by atoms with Gasteiger partial charge in [-0.25, -0.2) is 13.8 Å². The Kier molecular flexibility index (Phi) is 7.27. The van der Waals surface area contributed by atoms with Gasteiger partial charge in [0.15, 0.2) is 0 Å². The van der Waals surface area contributed by atoms with E-state index >= 15 is 0 Å². The van der Waals surface area contributed by atoms with Crippen molar-refractivity contribution < 1.29 is 17.9 Å². The van der Waals surface area contributed by atoms with Crippen molar-refractivity contribution in [2.45, 2.75) is 25.3 Å². The number of rotatable bonds is 8. The highest BCUT2D eigenvalue weighted by molar-refractivity contribution is 7.92. The SMILES string of the molecule is COc1ccc(S(=O)(=O)N(Cc2ccccc2)c2ccccc2C(=O)NN=C(C)C)cc1. The van der Waals surface area contributed by atoms with Crippen molar-refractivity contribution in [3.05, 3.63) is 90.0 Å². The van der Waals surface area contributed by atoms with Crippen LogP contribution in [0, 0.1) is 0 Å². The van der Waals surface area contributed by atoms with Crippen LogP contribution in [0.15, 0.2) is 88.9 Å². The number of benzene rings is 3. The molecule has 0 radical (unpaired) electrons. The molecule has 0 aliphatic rings. The highest BCUT2D eigenvalue weighted by Crippen LogP contribution is 2.30.